The van der Waals surface area contributed by atoms with E-state index < -0.39 is 4.92 Å². The van der Waals surface area contributed by atoms with Crippen LogP contribution in [0.15, 0.2) is 10.5 Å². The number of nitro groups is 1. The minimum Gasteiger partial charge on any atom is -0.361 e. The number of pyridine rings is 1. The number of anilines is 1. The van der Waals surface area contributed by atoms with Crippen molar-refractivity contribution < 1.29 is 4.92 Å². The van der Waals surface area contributed by atoms with Gasteiger partial charge in [0.1, 0.15) is 6.07 Å². The normalized spacial score (nSPS) is 15.8. The van der Waals surface area contributed by atoms with Gasteiger partial charge in [0.2, 0.25) is 5.82 Å². The maximum Gasteiger partial charge on any atom is 0.312 e. The Morgan fingerprint density at radius 3 is 2.84 bits per heavy atom. The van der Waals surface area contributed by atoms with E-state index in [1.165, 1.54) is 6.07 Å². The van der Waals surface area contributed by atoms with E-state index in [4.69, 9.17) is 5.26 Å². The highest BCUT2D eigenvalue weighted by Crippen LogP contribution is 2.29. The highest BCUT2D eigenvalue weighted by molar-refractivity contribution is 9.10. The summed E-state index contributed by atoms with van der Waals surface area (Å²) in [7, 11) is 0. The molecule has 1 fully saturated rings. The molecule has 1 aromatic rings. The summed E-state index contributed by atoms with van der Waals surface area (Å²) in [6.07, 6.45) is 1.74. The molecule has 2 rings (SSSR count). The van der Waals surface area contributed by atoms with E-state index in [0.717, 1.165) is 25.9 Å². The molecule has 0 aliphatic carbocycles. The SMILES string of the molecule is N#Cc1nc(NC2CCNCC2)c([N+](=O)[O-])cc1Br. The second-order valence-electron chi connectivity index (χ2n) is 4.22. The molecular weight excluding hydrogens is 314 g/mol. The smallest absolute Gasteiger partial charge is 0.312 e. The first-order chi connectivity index (χ1) is 9.11. The van der Waals surface area contributed by atoms with Gasteiger partial charge in [-0.3, -0.25) is 10.1 Å². The average Bonchev–Trinajstić information content (AvgIpc) is 2.41. The Kier molecular flexibility index (Phi) is 4.29. The Bertz CT molecular complexity index is 537. The first kappa shape index (κ1) is 13.7. The third-order valence-electron chi connectivity index (χ3n) is 2.94. The monoisotopic (exact) mass is 325 g/mol. The lowest BCUT2D eigenvalue weighted by Crippen LogP contribution is -2.35. The molecule has 19 heavy (non-hydrogen) atoms. The molecule has 1 saturated heterocycles. The van der Waals surface area contributed by atoms with Crippen molar-refractivity contribution in [2.45, 2.75) is 18.9 Å². The Morgan fingerprint density at radius 2 is 2.26 bits per heavy atom. The highest BCUT2D eigenvalue weighted by Gasteiger charge is 2.22. The fourth-order valence-electron chi connectivity index (χ4n) is 1.96. The number of aromatic nitrogens is 1. The van der Waals surface area contributed by atoms with Crippen molar-refractivity contribution in [1.82, 2.24) is 10.3 Å². The van der Waals surface area contributed by atoms with Crippen LogP contribution in [-0.4, -0.2) is 29.0 Å². The third kappa shape index (κ3) is 3.19. The van der Waals surface area contributed by atoms with Crippen LogP contribution in [-0.2, 0) is 0 Å². The zero-order valence-electron chi connectivity index (χ0n) is 10.0. The Morgan fingerprint density at radius 1 is 1.58 bits per heavy atom. The number of nitriles is 1. The first-order valence-electron chi connectivity index (χ1n) is 5.84. The summed E-state index contributed by atoms with van der Waals surface area (Å²) >= 11 is 3.11. The van der Waals surface area contributed by atoms with E-state index in [0.29, 0.717) is 4.47 Å². The van der Waals surface area contributed by atoms with Crippen molar-refractivity contribution in [1.29, 1.82) is 5.26 Å². The lowest BCUT2D eigenvalue weighted by molar-refractivity contribution is -0.384. The molecule has 0 radical (unpaired) electrons. The molecule has 0 atom stereocenters. The summed E-state index contributed by atoms with van der Waals surface area (Å²) in [5.41, 5.74) is 0.0199. The van der Waals surface area contributed by atoms with Crippen LogP contribution >= 0.6 is 15.9 Å². The quantitative estimate of drug-likeness (QED) is 0.648. The van der Waals surface area contributed by atoms with Gasteiger partial charge < -0.3 is 10.6 Å². The molecule has 0 bridgehead atoms. The minimum absolute atomic E-state index is 0.121. The number of nitrogens with one attached hydrogen (secondary N) is 2. The molecule has 2 heterocycles. The number of rotatable bonds is 3. The zero-order chi connectivity index (χ0) is 13.8. The zero-order valence-corrected chi connectivity index (χ0v) is 11.6. The van der Waals surface area contributed by atoms with Crippen molar-refractivity contribution in [3.8, 4) is 6.07 Å². The average molecular weight is 326 g/mol. The van der Waals surface area contributed by atoms with Gasteiger partial charge in [-0.2, -0.15) is 5.26 Å². The second kappa shape index (κ2) is 5.95. The van der Waals surface area contributed by atoms with Crippen molar-refractivity contribution in [2.75, 3.05) is 18.4 Å². The predicted octanol–water partition coefficient (Wildman–Crippen LogP) is 1.79. The Hall–Kier alpha value is -1.72. The molecule has 100 valence electrons. The number of piperidine rings is 1. The van der Waals surface area contributed by atoms with Gasteiger partial charge in [-0.05, 0) is 41.9 Å². The van der Waals surface area contributed by atoms with Crippen LogP contribution in [0, 0.1) is 21.4 Å². The molecule has 0 unspecified atom stereocenters. The lowest BCUT2D eigenvalue weighted by Gasteiger charge is -2.24. The third-order valence-corrected chi connectivity index (χ3v) is 3.54. The Balaban J connectivity index is 2.31. The molecule has 0 saturated carbocycles. The largest absolute Gasteiger partial charge is 0.361 e. The number of hydrogen-bond acceptors (Lipinski definition) is 6. The van der Waals surface area contributed by atoms with Gasteiger partial charge in [0.05, 0.1) is 9.40 Å². The summed E-state index contributed by atoms with van der Waals surface area (Å²) in [6.45, 7) is 1.74. The molecule has 1 aromatic heterocycles. The molecule has 1 aliphatic heterocycles. The van der Waals surface area contributed by atoms with Crippen LogP contribution in [0.2, 0.25) is 0 Å². The lowest BCUT2D eigenvalue weighted by atomic mass is 10.1. The van der Waals surface area contributed by atoms with Crippen LogP contribution in [0.3, 0.4) is 0 Å². The first-order valence-corrected chi connectivity index (χ1v) is 6.63. The van der Waals surface area contributed by atoms with Gasteiger partial charge in [0.25, 0.3) is 0 Å². The molecule has 0 aromatic carbocycles. The molecule has 0 amide bonds. The second-order valence-corrected chi connectivity index (χ2v) is 5.08. The number of hydrogen-bond donors (Lipinski definition) is 2. The van der Waals surface area contributed by atoms with Crippen LogP contribution < -0.4 is 10.6 Å². The maximum absolute atomic E-state index is 11.0. The molecule has 2 N–H and O–H groups in total. The van der Waals surface area contributed by atoms with E-state index in [9.17, 15) is 10.1 Å². The molecule has 8 heteroatoms. The van der Waals surface area contributed by atoms with Gasteiger partial charge >= 0.3 is 5.69 Å². The molecule has 7 nitrogen and oxygen atoms in total. The number of nitrogens with zero attached hydrogens (tertiary/aromatic N) is 3. The van der Waals surface area contributed by atoms with Crippen LogP contribution in [0.1, 0.15) is 18.5 Å². The standard InChI is InChI=1S/C11H12BrN5O2/c12-8-5-10(17(18)19)11(16-9(8)6-13)15-7-1-3-14-4-2-7/h5,7,14H,1-4H2,(H,15,16). The van der Waals surface area contributed by atoms with Gasteiger partial charge in [-0.25, -0.2) is 4.98 Å². The van der Waals surface area contributed by atoms with Crippen LogP contribution in [0.25, 0.3) is 0 Å². The van der Waals surface area contributed by atoms with Crippen molar-refractivity contribution in [3.63, 3.8) is 0 Å². The number of halogens is 1. The van der Waals surface area contributed by atoms with Gasteiger partial charge in [-0.15, -0.1) is 0 Å². The van der Waals surface area contributed by atoms with E-state index in [1.807, 2.05) is 6.07 Å². The summed E-state index contributed by atoms with van der Waals surface area (Å²) in [6, 6.07) is 3.36. The minimum atomic E-state index is -0.498. The van der Waals surface area contributed by atoms with Crippen LogP contribution in [0.5, 0.6) is 0 Å². The van der Waals surface area contributed by atoms with E-state index in [-0.39, 0.29) is 23.2 Å². The van der Waals surface area contributed by atoms with E-state index in [1.54, 1.807) is 0 Å². The molecular formula is C11H12BrN5O2. The van der Waals surface area contributed by atoms with Gasteiger partial charge in [0.15, 0.2) is 5.69 Å². The van der Waals surface area contributed by atoms with E-state index >= 15 is 0 Å². The topological polar surface area (TPSA) is 104 Å². The summed E-state index contributed by atoms with van der Waals surface area (Å²) in [4.78, 5) is 14.6. The summed E-state index contributed by atoms with van der Waals surface area (Å²) < 4.78 is 0.331. The summed E-state index contributed by atoms with van der Waals surface area (Å²) in [5.74, 6) is 0.164. The van der Waals surface area contributed by atoms with Crippen molar-refractivity contribution in [3.05, 3.63) is 26.3 Å². The van der Waals surface area contributed by atoms with Crippen molar-refractivity contribution >= 4 is 27.4 Å². The molecule has 1 aliphatic rings. The predicted molar refractivity (Wildman–Crippen MR) is 72.8 cm³/mol. The maximum atomic E-state index is 11.0. The summed E-state index contributed by atoms with van der Waals surface area (Å²) in [5, 5.41) is 26.2. The fraction of sp³-hybridized carbons (Fsp3) is 0.455. The van der Waals surface area contributed by atoms with Gasteiger partial charge in [-0.1, -0.05) is 0 Å². The highest BCUT2D eigenvalue weighted by atomic mass is 79.9. The van der Waals surface area contributed by atoms with Crippen LogP contribution in [0.4, 0.5) is 11.5 Å². The Labute approximate surface area is 118 Å². The fourth-order valence-corrected chi connectivity index (χ4v) is 2.36. The molecule has 0 spiro atoms. The van der Waals surface area contributed by atoms with E-state index in [2.05, 4.69) is 31.5 Å². The van der Waals surface area contributed by atoms with Gasteiger partial charge in [0, 0.05) is 12.1 Å². The van der Waals surface area contributed by atoms with Crippen molar-refractivity contribution in [2.24, 2.45) is 0 Å².